The van der Waals surface area contributed by atoms with Crippen molar-refractivity contribution in [1.82, 2.24) is 30.4 Å². The summed E-state index contributed by atoms with van der Waals surface area (Å²) < 4.78 is 19.2. The molecule has 1 unspecified atom stereocenters. The molecule has 3 aromatic rings. The van der Waals surface area contributed by atoms with Gasteiger partial charge in [0.25, 0.3) is 5.91 Å². The molecular weight excluding hydrogens is 479 g/mol. The fourth-order valence-corrected chi connectivity index (χ4v) is 3.98. The van der Waals surface area contributed by atoms with Crippen LogP contribution >= 0.6 is 11.6 Å². The number of ether oxygens (including phenoxy) is 1. The van der Waals surface area contributed by atoms with Crippen molar-refractivity contribution in [2.24, 2.45) is 7.05 Å². The van der Waals surface area contributed by atoms with Crippen molar-refractivity contribution in [2.45, 2.75) is 31.8 Å². The van der Waals surface area contributed by atoms with E-state index in [1.807, 2.05) is 4.90 Å². The molecule has 2 amide bonds. The zero-order valence-electron chi connectivity index (χ0n) is 18.9. The molecule has 0 bridgehead atoms. The summed E-state index contributed by atoms with van der Waals surface area (Å²) in [7, 11) is 1.54. The number of hydrogen-bond donors (Lipinski definition) is 2. The number of benzene rings is 2. The Morgan fingerprint density at radius 2 is 2.06 bits per heavy atom. The summed E-state index contributed by atoms with van der Waals surface area (Å²) in [5, 5.41) is 24.5. The maximum absolute atomic E-state index is 14.3. The van der Waals surface area contributed by atoms with E-state index >= 15 is 0 Å². The summed E-state index contributed by atoms with van der Waals surface area (Å²) >= 11 is 5.79. The first-order valence-electron chi connectivity index (χ1n) is 11.0. The van der Waals surface area contributed by atoms with E-state index in [1.165, 1.54) is 11.2 Å². The standard InChI is InChI=1S/C16H13ClFN5O2.C7H11NO2/c1-23-21-15(20-22-23)12-6-13(18)11(7-14(12)24)16(25)19-8-9-2-4-10(17)5-3-9;9-7-8-4-2-1-3-6(8)5-10-7/h2-7,24H,8H2,1H3,(H,19,25);6H,1-5H2. The Morgan fingerprint density at radius 1 is 1.29 bits per heavy atom. The van der Waals surface area contributed by atoms with Crippen molar-refractivity contribution in [3.8, 4) is 17.1 Å². The third kappa shape index (κ3) is 5.86. The summed E-state index contributed by atoms with van der Waals surface area (Å²) in [6.07, 6.45) is 3.42. The zero-order valence-corrected chi connectivity index (χ0v) is 19.7. The van der Waals surface area contributed by atoms with Crippen LogP contribution in [0.15, 0.2) is 36.4 Å². The van der Waals surface area contributed by atoms with Crippen molar-refractivity contribution in [2.75, 3.05) is 13.2 Å². The smallest absolute Gasteiger partial charge is 0.410 e. The van der Waals surface area contributed by atoms with E-state index in [4.69, 9.17) is 16.3 Å². The topological polar surface area (TPSA) is 122 Å². The highest BCUT2D eigenvalue weighted by Gasteiger charge is 2.34. The number of hydrogen-bond acceptors (Lipinski definition) is 7. The summed E-state index contributed by atoms with van der Waals surface area (Å²) in [5.74, 6) is -1.70. The van der Waals surface area contributed by atoms with Crippen LogP contribution in [0, 0.1) is 5.82 Å². The Bertz CT molecular complexity index is 1220. The predicted octanol–water partition coefficient (Wildman–Crippen LogP) is 3.30. The van der Waals surface area contributed by atoms with Gasteiger partial charge in [0.05, 0.1) is 24.2 Å². The van der Waals surface area contributed by atoms with E-state index in [0.29, 0.717) is 17.7 Å². The highest BCUT2D eigenvalue weighted by molar-refractivity contribution is 6.30. The molecule has 0 radical (unpaired) electrons. The van der Waals surface area contributed by atoms with Crippen LogP contribution in [0.5, 0.6) is 5.75 Å². The van der Waals surface area contributed by atoms with Gasteiger partial charge in [-0.15, -0.1) is 10.2 Å². The van der Waals surface area contributed by atoms with Gasteiger partial charge in [0.2, 0.25) is 5.82 Å². The highest BCUT2D eigenvalue weighted by atomic mass is 35.5. The fraction of sp³-hybridized carbons (Fsp3) is 0.348. The molecular formula is C23H24ClFN6O4. The number of amides is 2. The normalized spacial score (nSPS) is 16.7. The Kier molecular flexibility index (Phi) is 7.45. The third-order valence-electron chi connectivity index (χ3n) is 5.71. The van der Waals surface area contributed by atoms with Crippen molar-refractivity contribution >= 4 is 23.6 Å². The molecule has 2 saturated heterocycles. The molecule has 0 spiro atoms. The second kappa shape index (κ2) is 10.7. The van der Waals surface area contributed by atoms with Crippen LogP contribution in [0.3, 0.4) is 0 Å². The van der Waals surface area contributed by atoms with Crippen molar-refractivity contribution in [3.63, 3.8) is 0 Å². The number of tetrazole rings is 1. The first kappa shape index (κ1) is 24.4. The lowest BCUT2D eigenvalue weighted by atomic mass is 10.0. The molecule has 2 aliphatic heterocycles. The number of piperidine rings is 1. The van der Waals surface area contributed by atoms with Gasteiger partial charge in [-0.05, 0) is 54.3 Å². The van der Waals surface area contributed by atoms with Crippen molar-refractivity contribution in [3.05, 3.63) is 58.4 Å². The molecule has 2 N–H and O–H groups in total. The van der Waals surface area contributed by atoms with E-state index in [-0.39, 0.29) is 35.3 Å². The summed E-state index contributed by atoms with van der Waals surface area (Å²) in [6.45, 7) is 1.73. The van der Waals surface area contributed by atoms with Crippen LogP contribution in [0.2, 0.25) is 5.02 Å². The van der Waals surface area contributed by atoms with Crippen LogP contribution in [-0.2, 0) is 18.3 Å². The average Bonchev–Trinajstić information content (AvgIpc) is 3.46. The lowest BCUT2D eigenvalue weighted by molar-refractivity contribution is 0.0946. The molecule has 5 rings (SSSR count). The molecule has 3 heterocycles. The second-order valence-corrected chi connectivity index (χ2v) is 8.62. The summed E-state index contributed by atoms with van der Waals surface area (Å²) in [6, 6.07) is 9.33. The molecule has 1 atom stereocenters. The van der Waals surface area contributed by atoms with Gasteiger partial charge >= 0.3 is 6.09 Å². The molecule has 12 heteroatoms. The predicted molar refractivity (Wildman–Crippen MR) is 124 cm³/mol. The van der Waals surface area contributed by atoms with Gasteiger partial charge in [-0.1, -0.05) is 23.7 Å². The number of carbonyl (C=O) groups excluding carboxylic acids is 2. The molecule has 2 aromatic carbocycles. The minimum absolute atomic E-state index is 0.0554. The zero-order chi connectivity index (χ0) is 24.9. The minimum Gasteiger partial charge on any atom is -0.507 e. The fourth-order valence-electron chi connectivity index (χ4n) is 3.85. The minimum atomic E-state index is -0.797. The van der Waals surface area contributed by atoms with E-state index in [1.54, 1.807) is 31.3 Å². The van der Waals surface area contributed by atoms with Crippen LogP contribution in [0.1, 0.15) is 35.2 Å². The first-order chi connectivity index (χ1) is 16.8. The third-order valence-corrected chi connectivity index (χ3v) is 5.96. The van der Waals surface area contributed by atoms with Crippen molar-refractivity contribution in [1.29, 1.82) is 0 Å². The quantitative estimate of drug-likeness (QED) is 0.561. The molecule has 2 aliphatic rings. The number of rotatable bonds is 4. The molecule has 10 nitrogen and oxygen atoms in total. The van der Waals surface area contributed by atoms with Crippen LogP contribution in [-0.4, -0.2) is 61.4 Å². The number of fused-ring (bicyclic) bond motifs is 1. The van der Waals surface area contributed by atoms with Gasteiger partial charge in [-0.3, -0.25) is 4.79 Å². The van der Waals surface area contributed by atoms with Gasteiger partial charge in [0.15, 0.2) is 0 Å². The van der Waals surface area contributed by atoms with E-state index in [0.717, 1.165) is 37.1 Å². The SMILES string of the molecule is Cn1nnc(-c2cc(F)c(C(=O)NCc3ccc(Cl)cc3)cc2O)n1.O=C1OCC2CCCCN12. The van der Waals surface area contributed by atoms with Gasteiger partial charge in [-0.2, -0.15) is 4.80 Å². The molecule has 0 saturated carbocycles. The summed E-state index contributed by atoms with van der Waals surface area (Å²) in [5.41, 5.74) is 0.585. The maximum atomic E-state index is 14.3. The lowest BCUT2D eigenvalue weighted by Gasteiger charge is -2.25. The van der Waals surface area contributed by atoms with Crippen molar-refractivity contribution < 1.29 is 23.8 Å². The number of aryl methyl sites for hydroxylation is 1. The monoisotopic (exact) mass is 502 g/mol. The Balaban J connectivity index is 0.000000239. The van der Waals surface area contributed by atoms with Crippen LogP contribution < -0.4 is 5.32 Å². The molecule has 1 aromatic heterocycles. The van der Waals surface area contributed by atoms with Gasteiger partial charge in [-0.25, -0.2) is 9.18 Å². The summed E-state index contributed by atoms with van der Waals surface area (Å²) in [4.78, 5) is 26.1. The van der Waals surface area contributed by atoms with Gasteiger partial charge in [0, 0.05) is 18.1 Å². The Labute approximate surface area is 205 Å². The van der Waals surface area contributed by atoms with E-state index < -0.39 is 11.7 Å². The number of aromatic hydroxyl groups is 1. The number of phenols is 1. The molecule has 184 valence electrons. The Morgan fingerprint density at radius 3 is 2.74 bits per heavy atom. The largest absolute Gasteiger partial charge is 0.507 e. The Hall–Kier alpha value is -3.73. The highest BCUT2D eigenvalue weighted by Crippen LogP contribution is 2.29. The number of carbonyl (C=O) groups is 2. The molecule has 0 aliphatic carbocycles. The number of nitrogens with zero attached hydrogens (tertiary/aromatic N) is 5. The molecule has 35 heavy (non-hydrogen) atoms. The number of halogens is 2. The second-order valence-electron chi connectivity index (χ2n) is 8.18. The average molecular weight is 503 g/mol. The number of phenolic OH excluding ortho intramolecular Hbond substituents is 1. The van der Waals surface area contributed by atoms with Crippen LogP contribution in [0.25, 0.3) is 11.4 Å². The van der Waals surface area contributed by atoms with E-state index in [2.05, 4.69) is 20.7 Å². The number of cyclic esters (lactones) is 1. The van der Waals surface area contributed by atoms with Gasteiger partial charge < -0.3 is 20.1 Å². The number of aromatic nitrogens is 4. The van der Waals surface area contributed by atoms with Gasteiger partial charge in [0.1, 0.15) is 18.2 Å². The number of nitrogens with one attached hydrogen (secondary N) is 1. The maximum Gasteiger partial charge on any atom is 0.410 e. The first-order valence-corrected chi connectivity index (χ1v) is 11.4. The van der Waals surface area contributed by atoms with E-state index in [9.17, 15) is 19.1 Å². The lowest BCUT2D eigenvalue weighted by Crippen LogP contribution is -2.37. The molecule has 2 fully saturated rings. The van der Waals surface area contributed by atoms with Crippen LogP contribution in [0.4, 0.5) is 9.18 Å².